The van der Waals surface area contributed by atoms with Crippen LogP contribution in [0.2, 0.25) is 0 Å². The highest BCUT2D eigenvalue weighted by Gasteiger charge is 2.04. The van der Waals surface area contributed by atoms with E-state index in [0.717, 1.165) is 16.8 Å². The number of hydrogen-bond acceptors (Lipinski definition) is 3. The number of benzene rings is 2. The van der Waals surface area contributed by atoms with Crippen LogP contribution in [0.25, 0.3) is 0 Å². The lowest BCUT2D eigenvalue weighted by Gasteiger charge is -2.11. The summed E-state index contributed by atoms with van der Waals surface area (Å²) >= 11 is 0. The van der Waals surface area contributed by atoms with E-state index in [2.05, 4.69) is 11.4 Å². The molecule has 0 aliphatic heterocycles. The fourth-order valence-corrected chi connectivity index (χ4v) is 1.81. The lowest BCUT2D eigenvalue weighted by atomic mass is 10.1. The minimum Gasteiger partial charge on any atom is -0.398 e. The summed E-state index contributed by atoms with van der Waals surface area (Å²) in [4.78, 5) is 0. The lowest BCUT2D eigenvalue weighted by Crippen LogP contribution is -1.98. The second kappa shape index (κ2) is 5.40. The number of anilines is 3. The van der Waals surface area contributed by atoms with Gasteiger partial charge in [0.2, 0.25) is 0 Å². The second-order valence-corrected chi connectivity index (χ2v) is 4.33. The fraction of sp³-hybridized carbons (Fsp3) is 0.133. The van der Waals surface area contributed by atoms with Crippen molar-refractivity contribution in [3.8, 4) is 6.07 Å². The molecular formula is C15H14FN3. The zero-order chi connectivity index (χ0) is 13.8. The van der Waals surface area contributed by atoms with E-state index in [-0.39, 0.29) is 12.2 Å². The van der Waals surface area contributed by atoms with Crippen LogP contribution in [0.5, 0.6) is 0 Å². The van der Waals surface area contributed by atoms with Gasteiger partial charge in [-0.05, 0) is 48.4 Å². The van der Waals surface area contributed by atoms with Crippen molar-refractivity contribution in [2.45, 2.75) is 13.3 Å². The van der Waals surface area contributed by atoms with Crippen LogP contribution in [0.15, 0.2) is 36.4 Å². The number of hydrogen-bond donors (Lipinski definition) is 2. The Bertz CT molecular complexity index is 644. The van der Waals surface area contributed by atoms with Crippen LogP contribution in [0.4, 0.5) is 21.5 Å². The third-order valence-corrected chi connectivity index (χ3v) is 2.89. The summed E-state index contributed by atoms with van der Waals surface area (Å²) in [5.74, 6) is -0.291. The molecule has 0 heterocycles. The normalized spacial score (nSPS) is 9.95. The number of nitriles is 1. The molecule has 2 rings (SSSR count). The van der Waals surface area contributed by atoms with Crippen molar-refractivity contribution in [3.63, 3.8) is 0 Å². The summed E-state index contributed by atoms with van der Waals surface area (Å²) in [7, 11) is 0. The molecular weight excluding hydrogens is 241 g/mol. The van der Waals surface area contributed by atoms with E-state index in [1.54, 1.807) is 18.2 Å². The highest BCUT2D eigenvalue weighted by Crippen LogP contribution is 2.24. The number of aryl methyl sites for hydroxylation is 1. The van der Waals surface area contributed by atoms with Gasteiger partial charge in [0.25, 0.3) is 0 Å². The molecule has 96 valence electrons. The molecule has 0 aliphatic rings. The van der Waals surface area contributed by atoms with Gasteiger partial charge in [0.15, 0.2) is 0 Å². The number of halogens is 1. The van der Waals surface area contributed by atoms with Gasteiger partial charge in [0, 0.05) is 17.1 Å². The minimum atomic E-state index is -0.291. The van der Waals surface area contributed by atoms with E-state index < -0.39 is 0 Å². The van der Waals surface area contributed by atoms with Crippen molar-refractivity contribution in [1.82, 2.24) is 0 Å². The van der Waals surface area contributed by atoms with Crippen LogP contribution in [0, 0.1) is 24.1 Å². The first-order valence-corrected chi connectivity index (χ1v) is 5.88. The molecule has 0 amide bonds. The molecule has 0 fully saturated rings. The average molecular weight is 255 g/mol. The molecule has 3 N–H and O–H groups in total. The zero-order valence-corrected chi connectivity index (χ0v) is 10.6. The molecule has 0 saturated heterocycles. The molecule has 0 aromatic heterocycles. The standard InChI is InChI=1S/C15H14FN3/c1-10-2-3-12(16)9-15(10)19-13-4-5-14(18)11(8-13)6-7-17/h2-5,8-9,19H,6,18H2,1H3. The van der Waals surface area contributed by atoms with E-state index >= 15 is 0 Å². The third kappa shape index (κ3) is 3.02. The van der Waals surface area contributed by atoms with E-state index in [1.807, 2.05) is 13.0 Å². The monoisotopic (exact) mass is 255 g/mol. The van der Waals surface area contributed by atoms with Crippen molar-refractivity contribution in [2.75, 3.05) is 11.1 Å². The molecule has 0 spiro atoms. The number of nitrogen functional groups attached to an aromatic ring is 1. The number of nitrogens with zero attached hydrogens (tertiary/aromatic N) is 1. The maximum absolute atomic E-state index is 13.2. The van der Waals surface area contributed by atoms with Crippen molar-refractivity contribution in [1.29, 1.82) is 5.26 Å². The van der Waals surface area contributed by atoms with Crippen LogP contribution in [0.1, 0.15) is 11.1 Å². The van der Waals surface area contributed by atoms with Gasteiger partial charge in [-0.15, -0.1) is 0 Å². The van der Waals surface area contributed by atoms with Crippen molar-refractivity contribution >= 4 is 17.1 Å². The van der Waals surface area contributed by atoms with Crippen molar-refractivity contribution in [2.24, 2.45) is 0 Å². The maximum atomic E-state index is 13.2. The Labute approximate surface area is 111 Å². The minimum absolute atomic E-state index is 0.253. The molecule has 0 bridgehead atoms. The van der Waals surface area contributed by atoms with Crippen LogP contribution >= 0.6 is 0 Å². The lowest BCUT2D eigenvalue weighted by molar-refractivity contribution is 0.628. The Balaban J connectivity index is 2.31. The SMILES string of the molecule is Cc1ccc(F)cc1Nc1ccc(N)c(CC#N)c1. The Morgan fingerprint density at radius 3 is 2.79 bits per heavy atom. The molecule has 0 unspecified atom stereocenters. The molecule has 4 heteroatoms. The van der Waals surface area contributed by atoms with E-state index in [1.165, 1.54) is 12.1 Å². The van der Waals surface area contributed by atoms with Gasteiger partial charge >= 0.3 is 0 Å². The van der Waals surface area contributed by atoms with E-state index in [4.69, 9.17) is 11.0 Å². The van der Waals surface area contributed by atoms with Crippen LogP contribution in [0.3, 0.4) is 0 Å². The number of nitrogens with one attached hydrogen (secondary N) is 1. The summed E-state index contributed by atoms with van der Waals surface area (Å²) in [5.41, 5.74) is 9.57. The van der Waals surface area contributed by atoms with E-state index in [0.29, 0.717) is 11.4 Å². The molecule has 19 heavy (non-hydrogen) atoms. The number of rotatable bonds is 3. The Kier molecular flexibility index (Phi) is 3.67. The molecule has 0 radical (unpaired) electrons. The largest absolute Gasteiger partial charge is 0.398 e. The molecule has 2 aromatic carbocycles. The van der Waals surface area contributed by atoms with Gasteiger partial charge in [-0.25, -0.2) is 4.39 Å². The molecule has 0 aliphatic carbocycles. The predicted octanol–water partition coefficient (Wildman–Crippen LogP) is 3.53. The van der Waals surface area contributed by atoms with Gasteiger partial charge in [0.1, 0.15) is 5.82 Å². The summed E-state index contributed by atoms with van der Waals surface area (Å²) in [6, 6.07) is 12.0. The van der Waals surface area contributed by atoms with Crippen LogP contribution in [-0.2, 0) is 6.42 Å². The molecule has 0 atom stereocenters. The summed E-state index contributed by atoms with van der Waals surface area (Å²) in [5, 5.41) is 11.9. The molecule has 3 nitrogen and oxygen atoms in total. The topological polar surface area (TPSA) is 61.8 Å². The summed E-state index contributed by atoms with van der Waals surface area (Å²) in [6.07, 6.45) is 0.253. The second-order valence-electron chi connectivity index (χ2n) is 4.33. The predicted molar refractivity (Wildman–Crippen MR) is 74.6 cm³/mol. The molecule has 2 aromatic rings. The fourth-order valence-electron chi connectivity index (χ4n) is 1.81. The third-order valence-electron chi connectivity index (χ3n) is 2.89. The Morgan fingerprint density at radius 1 is 1.26 bits per heavy atom. The van der Waals surface area contributed by atoms with Crippen LogP contribution < -0.4 is 11.1 Å². The quantitative estimate of drug-likeness (QED) is 0.825. The highest BCUT2D eigenvalue weighted by molar-refractivity contribution is 5.66. The molecule has 0 saturated carbocycles. The zero-order valence-electron chi connectivity index (χ0n) is 10.6. The van der Waals surface area contributed by atoms with Crippen molar-refractivity contribution < 1.29 is 4.39 Å². The smallest absolute Gasteiger partial charge is 0.125 e. The summed E-state index contributed by atoms with van der Waals surface area (Å²) < 4.78 is 13.2. The highest BCUT2D eigenvalue weighted by atomic mass is 19.1. The van der Waals surface area contributed by atoms with Gasteiger partial charge in [0.05, 0.1) is 12.5 Å². The Morgan fingerprint density at radius 2 is 2.05 bits per heavy atom. The van der Waals surface area contributed by atoms with Gasteiger partial charge in [-0.3, -0.25) is 0 Å². The first-order valence-electron chi connectivity index (χ1n) is 5.88. The van der Waals surface area contributed by atoms with Crippen molar-refractivity contribution in [3.05, 3.63) is 53.3 Å². The van der Waals surface area contributed by atoms with Gasteiger partial charge < -0.3 is 11.1 Å². The van der Waals surface area contributed by atoms with E-state index in [9.17, 15) is 4.39 Å². The number of nitrogens with two attached hydrogens (primary N) is 1. The summed E-state index contributed by atoms with van der Waals surface area (Å²) in [6.45, 7) is 1.90. The first kappa shape index (κ1) is 12.9. The average Bonchev–Trinajstić information content (AvgIpc) is 2.38. The van der Waals surface area contributed by atoms with Gasteiger partial charge in [-0.2, -0.15) is 5.26 Å². The Hall–Kier alpha value is -2.54. The van der Waals surface area contributed by atoms with Crippen LogP contribution in [-0.4, -0.2) is 0 Å². The van der Waals surface area contributed by atoms with Gasteiger partial charge in [-0.1, -0.05) is 6.07 Å². The first-order chi connectivity index (χ1) is 9.10. The maximum Gasteiger partial charge on any atom is 0.125 e.